The molecule has 2 rings (SSSR count). The molecule has 1 aromatic heterocycles. The number of aromatic nitrogens is 3. The van der Waals surface area contributed by atoms with Crippen LogP contribution in [0.15, 0.2) is 24.3 Å². The quantitative estimate of drug-likeness (QED) is 0.616. The molecule has 10 nitrogen and oxygen atoms in total. The highest BCUT2D eigenvalue weighted by atomic mass is 16.6. The van der Waals surface area contributed by atoms with Gasteiger partial charge in [-0.3, -0.25) is 19.7 Å². The number of aliphatic carboxylic acids is 1. The van der Waals surface area contributed by atoms with Crippen molar-refractivity contribution in [1.29, 1.82) is 0 Å². The first kappa shape index (κ1) is 17.1. The highest BCUT2D eigenvalue weighted by Gasteiger charge is 2.21. The molecule has 1 N–H and O–H groups in total. The lowest BCUT2D eigenvalue weighted by atomic mass is 10.2. The van der Waals surface area contributed by atoms with Gasteiger partial charge < -0.3 is 10.0 Å². The summed E-state index contributed by atoms with van der Waals surface area (Å²) < 4.78 is 1.32. The van der Waals surface area contributed by atoms with Gasteiger partial charge in [-0.15, -0.1) is 5.10 Å². The van der Waals surface area contributed by atoms with Crippen molar-refractivity contribution in [3.8, 4) is 5.69 Å². The van der Waals surface area contributed by atoms with E-state index < -0.39 is 16.8 Å². The number of rotatable bonds is 6. The molecule has 0 saturated heterocycles. The zero-order valence-corrected chi connectivity index (χ0v) is 13.0. The smallest absolute Gasteiger partial charge is 0.305 e. The van der Waals surface area contributed by atoms with Gasteiger partial charge in [0.15, 0.2) is 5.69 Å². The van der Waals surface area contributed by atoms with Crippen molar-refractivity contribution < 1.29 is 19.6 Å². The van der Waals surface area contributed by atoms with Gasteiger partial charge in [-0.25, -0.2) is 4.68 Å². The molecule has 1 aromatic carbocycles. The summed E-state index contributed by atoms with van der Waals surface area (Å²) in [5, 5.41) is 27.2. The molecule has 0 radical (unpaired) electrons. The fourth-order valence-electron chi connectivity index (χ4n) is 2.06. The Labute approximate surface area is 136 Å². The number of benzene rings is 1. The minimum Gasteiger partial charge on any atom is -0.481 e. The second-order valence-corrected chi connectivity index (χ2v) is 5.08. The Balaban J connectivity index is 2.28. The number of non-ortho nitro benzene ring substituents is 1. The van der Waals surface area contributed by atoms with E-state index in [2.05, 4.69) is 10.3 Å². The third-order valence-corrected chi connectivity index (χ3v) is 3.39. The minimum atomic E-state index is -1.01. The molecule has 0 unspecified atom stereocenters. The van der Waals surface area contributed by atoms with E-state index in [1.165, 1.54) is 34.8 Å². The van der Waals surface area contributed by atoms with Crippen LogP contribution in [0.25, 0.3) is 5.69 Å². The fourth-order valence-corrected chi connectivity index (χ4v) is 2.06. The highest BCUT2D eigenvalue weighted by molar-refractivity contribution is 5.93. The average molecular weight is 333 g/mol. The molecule has 0 fully saturated rings. The molecule has 0 aliphatic carbocycles. The summed E-state index contributed by atoms with van der Waals surface area (Å²) in [4.78, 5) is 34.5. The molecule has 24 heavy (non-hydrogen) atoms. The molecule has 0 atom stereocenters. The van der Waals surface area contributed by atoms with Crippen molar-refractivity contribution in [3.05, 3.63) is 45.8 Å². The van der Waals surface area contributed by atoms with Crippen LogP contribution in [0.2, 0.25) is 0 Å². The maximum atomic E-state index is 12.3. The summed E-state index contributed by atoms with van der Waals surface area (Å²) in [6.45, 7) is 1.65. The maximum Gasteiger partial charge on any atom is 0.305 e. The third-order valence-electron chi connectivity index (χ3n) is 3.39. The standard InChI is InChI=1S/C14H15N5O5/c1-9-13(14(22)17(2)7-6-12(20)21)15-16-18(9)10-4-3-5-11(8-10)19(23)24/h3-5,8H,6-7H2,1-2H3,(H,20,21). The number of carboxylic acid groups (broad SMARTS) is 1. The number of hydrogen-bond donors (Lipinski definition) is 1. The van der Waals surface area contributed by atoms with Crippen LogP contribution < -0.4 is 0 Å². The van der Waals surface area contributed by atoms with Crippen molar-refractivity contribution in [2.45, 2.75) is 13.3 Å². The molecule has 0 aliphatic rings. The first-order valence-electron chi connectivity index (χ1n) is 6.95. The molecule has 0 spiro atoms. The number of hydrogen-bond acceptors (Lipinski definition) is 6. The summed E-state index contributed by atoms with van der Waals surface area (Å²) in [5.41, 5.74) is 0.771. The van der Waals surface area contributed by atoms with Gasteiger partial charge in [0.05, 0.1) is 22.7 Å². The average Bonchev–Trinajstić information content (AvgIpc) is 2.93. The Bertz CT molecular complexity index is 801. The molecular weight excluding hydrogens is 318 g/mol. The van der Waals surface area contributed by atoms with E-state index in [1.807, 2.05) is 0 Å². The van der Waals surface area contributed by atoms with Gasteiger partial charge in [0.1, 0.15) is 0 Å². The van der Waals surface area contributed by atoms with E-state index in [-0.39, 0.29) is 24.3 Å². The Morgan fingerprint density at radius 2 is 2.12 bits per heavy atom. The number of carbonyl (C=O) groups is 2. The maximum absolute atomic E-state index is 12.3. The van der Waals surface area contributed by atoms with Crippen LogP contribution in [0.3, 0.4) is 0 Å². The highest BCUT2D eigenvalue weighted by Crippen LogP contribution is 2.18. The van der Waals surface area contributed by atoms with Gasteiger partial charge in [-0.05, 0) is 13.0 Å². The molecule has 126 valence electrons. The number of nitro groups is 1. The van der Waals surface area contributed by atoms with Crippen LogP contribution in [0.5, 0.6) is 0 Å². The second kappa shape index (κ2) is 6.86. The van der Waals surface area contributed by atoms with Gasteiger partial charge in [-0.2, -0.15) is 0 Å². The molecule has 1 heterocycles. The summed E-state index contributed by atoms with van der Waals surface area (Å²) in [5.74, 6) is -1.47. The number of amides is 1. The summed E-state index contributed by atoms with van der Waals surface area (Å²) in [6.07, 6.45) is -0.180. The van der Waals surface area contributed by atoms with Crippen LogP contribution in [0.4, 0.5) is 5.69 Å². The summed E-state index contributed by atoms with van der Waals surface area (Å²) in [7, 11) is 1.47. The molecular formula is C14H15N5O5. The van der Waals surface area contributed by atoms with Crippen molar-refractivity contribution in [2.24, 2.45) is 0 Å². The van der Waals surface area contributed by atoms with E-state index in [9.17, 15) is 19.7 Å². The SMILES string of the molecule is Cc1c(C(=O)N(C)CCC(=O)O)nnn1-c1cccc([N+](=O)[O-])c1. The lowest BCUT2D eigenvalue weighted by molar-refractivity contribution is -0.384. The zero-order chi connectivity index (χ0) is 17.9. The predicted molar refractivity (Wildman–Crippen MR) is 82.0 cm³/mol. The summed E-state index contributed by atoms with van der Waals surface area (Å²) in [6, 6.07) is 5.79. The molecule has 0 saturated carbocycles. The van der Waals surface area contributed by atoms with Crippen molar-refractivity contribution in [1.82, 2.24) is 19.9 Å². The van der Waals surface area contributed by atoms with Crippen LogP contribution in [-0.4, -0.2) is 55.4 Å². The lowest BCUT2D eigenvalue weighted by Gasteiger charge is -2.14. The summed E-state index contributed by atoms with van der Waals surface area (Å²) >= 11 is 0. The van der Waals surface area contributed by atoms with Gasteiger partial charge in [0.25, 0.3) is 11.6 Å². The largest absolute Gasteiger partial charge is 0.481 e. The van der Waals surface area contributed by atoms with E-state index in [0.717, 1.165) is 0 Å². The fraction of sp³-hybridized carbons (Fsp3) is 0.286. The number of nitrogens with zero attached hydrogens (tertiary/aromatic N) is 5. The van der Waals surface area contributed by atoms with Gasteiger partial charge in [0.2, 0.25) is 0 Å². The van der Waals surface area contributed by atoms with Gasteiger partial charge >= 0.3 is 5.97 Å². The third kappa shape index (κ3) is 3.54. The Morgan fingerprint density at radius 3 is 2.75 bits per heavy atom. The van der Waals surface area contributed by atoms with Gasteiger partial charge in [-0.1, -0.05) is 11.3 Å². The molecule has 10 heteroatoms. The first-order valence-corrected chi connectivity index (χ1v) is 6.95. The van der Waals surface area contributed by atoms with Crippen molar-refractivity contribution in [3.63, 3.8) is 0 Å². The number of carbonyl (C=O) groups excluding carboxylic acids is 1. The first-order chi connectivity index (χ1) is 11.3. The monoisotopic (exact) mass is 333 g/mol. The van der Waals surface area contributed by atoms with Crippen LogP contribution in [0, 0.1) is 17.0 Å². The Kier molecular flexibility index (Phi) is 4.87. The number of nitro benzene ring substituents is 1. The van der Waals surface area contributed by atoms with Crippen molar-refractivity contribution in [2.75, 3.05) is 13.6 Å². The predicted octanol–water partition coefficient (Wildman–Crippen LogP) is 1.03. The topological polar surface area (TPSA) is 131 Å². The number of carboxylic acids is 1. The second-order valence-electron chi connectivity index (χ2n) is 5.08. The van der Waals surface area contributed by atoms with Crippen LogP contribution in [0.1, 0.15) is 22.6 Å². The van der Waals surface area contributed by atoms with E-state index in [4.69, 9.17) is 5.11 Å². The minimum absolute atomic E-state index is 0.0390. The Morgan fingerprint density at radius 1 is 1.42 bits per heavy atom. The van der Waals surface area contributed by atoms with Crippen LogP contribution >= 0.6 is 0 Å². The van der Waals surface area contributed by atoms with Crippen LogP contribution in [-0.2, 0) is 4.79 Å². The zero-order valence-electron chi connectivity index (χ0n) is 13.0. The van der Waals surface area contributed by atoms with E-state index in [1.54, 1.807) is 13.0 Å². The normalized spacial score (nSPS) is 10.4. The van der Waals surface area contributed by atoms with E-state index in [0.29, 0.717) is 11.4 Å². The van der Waals surface area contributed by atoms with Crippen molar-refractivity contribution >= 4 is 17.6 Å². The Hall–Kier alpha value is -3.30. The molecule has 1 amide bonds. The van der Waals surface area contributed by atoms with E-state index >= 15 is 0 Å². The lowest BCUT2D eigenvalue weighted by Crippen LogP contribution is -2.29. The molecule has 0 aliphatic heterocycles. The van der Waals surface area contributed by atoms with Gasteiger partial charge in [0, 0.05) is 25.7 Å². The molecule has 0 bridgehead atoms. The molecule has 2 aromatic rings.